The molecule has 2 aliphatic heterocycles. The predicted molar refractivity (Wildman–Crippen MR) is 81.8 cm³/mol. The number of likely N-dealkylation sites (tertiary alicyclic amines) is 1. The van der Waals surface area contributed by atoms with Gasteiger partial charge < -0.3 is 9.80 Å². The predicted octanol–water partition coefficient (Wildman–Crippen LogP) is 2.44. The highest BCUT2D eigenvalue weighted by Gasteiger charge is 2.37. The molecule has 1 aromatic carbocycles. The average molecular weight is 304 g/mol. The molecular weight excluding hydrogens is 283 g/mol. The van der Waals surface area contributed by atoms with Gasteiger partial charge in [0.15, 0.2) is 0 Å². The van der Waals surface area contributed by atoms with E-state index in [1.54, 1.807) is 17.0 Å². The summed E-state index contributed by atoms with van der Waals surface area (Å²) < 4.78 is 13.0. The van der Waals surface area contributed by atoms with Crippen molar-refractivity contribution in [1.82, 2.24) is 4.90 Å². The van der Waals surface area contributed by atoms with Crippen LogP contribution in [0.15, 0.2) is 24.3 Å². The number of piperidine rings is 1. The van der Waals surface area contributed by atoms with Crippen LogP contribution in [0.25, 0.3) is 0 Å². The van der Waals surface area contributed by atoms with E-state index < -0.39 is 0 Å². The van der Waals surface area contributed by atoms with Crippen molar-refractivity contribution in [1.29, 1.82) is 0 Å². The number of amides is 2. The van der Waals surface area contributed by atoms with E-state index in [0.717, 1.165) is 25.9 Å². The minimum Gasteiger partial charge on any atom is -0.342 e. The first-order chi connectivity index (χ1) is 10.5. The molecule has 0 spiro atoms. The smallest absolute Gasteiger partial charge is 0.228 e. The topological polar surface area (TPSA) is 40.6 Å². The standard InChI is InChI=1S/C17H21FN2O2/c1-12-3-2-8-19(10-12)17(22)13-9-16(21)20(11-13)15-6-4-14(18)5-7-15/h4-7,12-13H,2-3,8-11H2,1H3/t12-,13-/m1/s1. The van der Waals surface area contributed by atoms with Crippen molar-refractivity contribution in [3.05, 3.63) is 30.1 Å². The molecule has 0 saturated carbocycles. The number of halogens is 1. The van der Waals surface area contributed by atoms with Crippen LogP contribution in [0.1, 0.15) is 26.2 Å². The summed E-state index contributed by atoms with van der Waals surface area (Å²) in [5.74, 6) is -0.0456. The molecule has 118 valence electrons. The van der Waals surface area contributed by atoms with Crippen molar-refractivity contribution in [3.8, 4) is 0 Å². The van der Waals surface area contributed by atoms with Crippen LogP contribution in [0, 0.1) is 17.7 Å². The highest BCUT2D eigenvalue weighted by Crippen LogP contribution is 2.28. The lowest BCUT2D eigenvalue weighted by atomic mass is 9.98. The van der Waals surface area contributed by atoms with E-state index in [1.165, 1.54) is 12.1 Å². The maximum Gasteiger partial charge on any atom is 0.228 e. The average Bonchev–Trinajstić information content (AvgIpc) is 2.89. The van der Waals surface area contributed by atoms with E-state index in [-0.39, 0.29) is 30.0 Å². The third-order valence-electron chi connectivity index (χ3n) is 4.58. The van der Waals surface area contributed by atoms with Crippen LogP contribution >= 0.6 is 0 Å². The number of hydrogen-bond donors (Lipinski definition) is 0. The molecule has 4 nitrogen and oxygen atoms in total. The third kappa shape index (κ3) is 2.98. The number of carbonyl (C=O) groups is 2. The second kappa shape index (κ2) is 6.07. The van der Waals surface area contributed by atoms with E-state index in [2.05, 4.69) is 6.92 Å². The van der Waals surface area contributed by atoms with Gasteiger partial charge in [-0.3, -0.25) is 9.59 Å². The molecule has 0 aromatic heterocycles. The van der Waals surface area contributed by atoms with E-state index in [4.69, 9.17) is 0 Å². The number of rotatable bonds is 2. The van der Waals surface area contributed by atoms with Gasteiger partial charge >= 0.3 is 0 Å². The van der Waals surface area contributed by atoms with Crippen LogP contribution in [-0.2, 0) is 9.59 Å². The molecule has 5 heteroatoms. The van der Waals surface area contributed by atoms with Gasteiger partial charge in [-0.15, -0.1) is 0 Å². The number of carbonyl (C=O) groups excluding carboxylic acids is 2. The number of nitrogens with zero attached hydrogens (tertiary/aromatic N) is 2. The fourth-order valence-corrected chi connectivity index (χ4v) is 3.39. The number of hydrogen-bond acceptors (Lipinski definition) is 2. The first kappa shape index (κ1) is 15.0. The molecule has 0 radical (unpaired) electrons. The Balaban J connectivity index is 1.68. The van der Waals surface area contributed by atoms with E-state index in [1.807, 2.05) is 4.90 Å². The Morgan fingerprint density at radius 3 is 2.64 bits per heavy atom. The molecule has 22 heavy (non-hydrogen) atoms. The highest BCUT2D eigenvalue weighted by molar-refractivity contribution is 6.00. The van der Waals surface area contributed by atoms with Gasteiger partial charge in [0.25, 0.3) is 0 Å². The van der Waals surface area contributed by atoms with Gasteiger partial charge in [-0.05, 0) is 43.0 Å². The van der Waals surface area contributed by atoms with E-state index in [0.29, 0.717) is 18.2 Å². The summed E-state index contributed by atoms with van der Waals surface area (Å²) in [6.45, 7) is 4.14. The van der Waals surface area contributed by atoms with Gasteiger partial charge in [-0.25, -0.2) is 4.39 Å². The van der Waals surface area contributed by atoms with Gasteiger partial charge in [0, 0.05) is 31.7 Å². The summed E-state index contributed by atoms with van der Waals surface area (Å²) in [5, 5.41) is 0. The Morgan fingerprint density at radius 1 is 1.23 bits per heavy atom. The molecule has 3 rings (SSSR count). The lowest BCUT2D eigenvalue weighted by Gasteiger charge is -2.32. The molecule has 2 saturated heterocycles. The summed E-state index contributed by atoms with van der Waals surface area (Å²) >= 11 is 0. The molecular formula is C17H21FN2O2. The summed E-state index contributed by atoms with van der Waals surface area (Å²) in [7, 11) is 0. The summed E-state index contributed by atoms with van der Waals surface area (Å²) in [6, 6.07) is 5.85. The Labute approximate surface area is 129 Å². The van der Waals surface area contributed by atoms with E-state index >= 15 is 0 Å². The summed E-state index contributed by atoms with van der Waals surface area (Å²) in [6.07, 6.45) is 2.45. The fourth-order valence-electron chi connectivity index (χ4n) is 3.39. The van der Waals surface area contributed by atoms with Gasteiger partial charge in [0.05, 0.1) is 5.92 Å². The highest BCUT2D eigenvalue weighted by atomic mass is 19.1. The van der Waals surface area contributed by atoms with E-state index in [9.17, 15) is 14.0 Å². The second-order valence-corrected chi connectivity index (χ2v) is 6.41. The largest absolute Gasteiger partial charge is 0.342 e. The second-order valence-electron chi connectivity index (χ2n) is 6.41. The van der Waals surface area contributed by atoms with Gasteiger partial charge in [-0.2, -0.15) is 0 Å². The lowest BCUT2D eigenvalue weighted by molar-refractivity contribution is -0.137. The molecule has 1 aromatic rings. The van der Waals surface area contributed by atoms with Gasteiger partial charge in [0.1, 0.15) is 5.82 Å². The van der Waals surface area contributed by atoms with Crippen LogP contribution in [0.2, 0.25) is 0 Å². The normalized spacial score (nSPS) is 25.6. The zero-order valence-corrected chi connectivity index (χ0v) is 12.8. The third-order valence-corrected chi connectivity index (χ3v) is 4.58. The monoisotopic (exact) mass is 304 g/mol. The minimum atomic E-state index is -0.328. The Bertz CT molecular complexity index is 573. The maximum absolute atomic E-state index is 13.0. The molecule has 0 unspecified atom stereocenters. The summed E-state index contributed by atoms with van der Waals surface area (Å²) in [5.41, 5.74) is 0.661. The van der Waals surface area contributed by atoms with Gasteiger partial charge in [0.2, 0.25) is 11.8 Å². The fraction of sp³-hybridized carbons (Fsp3) is 0.529. The zero-order valence-electron chi connectivity index (χ0n) is 12.8. The van der Waals surface area contributed by atoms with Crippen LogP contribution in [0.3, 0.4) is 0 Å². The van der Waals surface area contributed by atoms with Crippen LogP contribution in [-0.4, -0.2) is 36.3 Å². The first-order valence-electron chi connectivity index (χ1n) is 7.89. The molecule has 2 atom stereocenters. The number of benzene rings is 1. The van der Waals surface area contributed by atoms with Crippen LogP contribution in [0.4, 0.5) is 10.1 Å². The minimum absolute atomic E-state index is 0.0602. The van der Waals surface area contributed by atoms with Crippen LogP contribution < -0.4 is 4.90 Å². The van der Waals surface area contributed by atoms with Crippen molar-refractivity contribution in [2.45, 2.75) is 26.2 Å². The Kier molecular flexibility index (Phi) is 4.14. The van der Waals surface area contributed by atoms with Crippen molar-refractivity contribution in [2.24, 2.45) is 11.8 Å². The number of anilines is 1. The van der Waals surface area contributed by atoms with Crippen molar-refractivity contribution in [3.63, 3.8) is 0 Å². The molecule has 0 bridgehead atoms. The Hall–Kier alpha value is -1.91. The zero-order chi connectivity index (χ0) is 15.7. The molecule has 0 N–H and O–H groups in total. The maximum atomic E-state index is 13.0. The molecule has 2 amide bonds. The Morgan fingerprint density at radius 2 is 1.95 bits per heavy atom. The van der Waals surface area contributed by atoms with Crippen molar-refractivity contribution in [2.75, 3.05) is 24.5 Å². The first-order valence-corrected chi connectivity index (χ1v) is 7.89. The lowest BCUT2D eigenvalue weighted by Crippen LogP contribution is -2.43. The SMILES string of the molecule is C[C@@H]1CCCN(C(=O)[C@@H]2CC(=O)N(c3ccc(F)cc3)C2)C1. The van der Waals surface area contributed by atoms with Gasteiger partial charge in [-0.1, -0.05) is 6.92 Å². The summed E-state index contributed by atoms with van der Waals surface area (Å²) in [4.78, 5) is 28.3. The quantitative estimate of drug-likeness (QED) is 0.842. The molecule has 2 fully saturated rings. The molecule has 2 aliphatic rings. The molecule has 0 aliphatic carbocycles. The van der Waals surface area contributed by atoms with Crippen LogP contribution in [0.5, 0.6) is 0 Å². The van der Waals surface area contributed by atoms with Crippen molar-refractivity contribution < 1.29 is 14.0 Å². The molecule has 2 heterocycles. The van der Waals surface area contributed by atoms with Crippen molar-refractivity contribution >= 4 is 17.5 Å².